The number of hydrogen-bond acceptors (Lipinski definition) is 5. The number of aromatic nitrogens is 1. The van der Waals surface area contributed by atoms with Crippen LogP contribution < -0.4 is 10.6 Å². The van der Waals surface area contributed by atoms with Crippen LogP contribution in [0.15, 0.2) is 18.3 Å². The van der Waals surface area contributed by atoms with E-state index in [0.29, 0.717) is 32.1 Å². The van der Waals surface area contributed by atoms with Crippen LogP contribution >= 0.6 is 0 Å². The second-order valence-corrected chi connectivity index (χ2v) is 4.57. The SMILES string of the molecule is CCCNc1ccnc(C(=O)NCCCOCCOC)c1. The molecule has 0 aromatic carbocycles. The van der Waals surface area contributed by atoms with Crippen molar-refractivity contribution in [3.05, 3.63) is 24.0 Å². The summed E-state index contributed by atoms with van der Waals surface area (Å²) >= 11 is 0. The lowest BCUT2D eigenvalue weighted by Gasteiger charge is -2.08. The Balaban J connectivity index is 2.25. The molecule has 1 aromatic heterocycles. The average molecular weight is 295 g/mol. The molecule has 0 saturated heterocycles. The van der Waals surface area contributed by atoms with E-state index in [1.165, 1.54) is 0 Å². The van der Waals surface area contributed by atoms with E-state index in [-0.39, 0.29) is 5.91 Å². The maximum Gasteiger partial charge on any atom is 0.269 e. The Kier molecular flexibility index (Phi) is 9.15. The molecule has 2 N–H and O–H groups in total. The molecule has 0 aliphatic carbocycles. The number of carbonyl (C=O) groups is 1. The Bertz CT molecular complexity index is 413. The maximum absolute atomic E-state index is 11.9. The largest absolute Gasteiger partial charge is 0.385 e. The van der Waals surface area contributed by atoms with Crippen LogP contribution in [0.5, 0.6) is 0 Å². The fourth-order valence-corrected chi connectivity index (χ4v) is 1.65. The minimum atomic E-state index is -0.160. The molecule has 0 aliphatic rings. The highest BCUT2D eigenvalue weighted by atomic mass is 16.5. The van der Waals surface area contributed by atoms with Crippen molar-refractivity contribution in [2.75, 3.05) is 45.3 Å². The van der Waals surface area contributed by atoms with Crippen molar-refractivity contribution in [1.29, 1.82) is 0 Å². The van der Waals surface area contributed by atoms with E-state index in [9.17, 15) is 4.79 Å². The fourth-order valence-electron chi connectivity index (χ4n) is 1.65. The number of anilines is 1. The van der Waals surface area contributed by atoms with E-state index < -0.39 is 0 Å². The van der Waals surface area contributed by atoms with Crippen LogP contribution in [-0.4, -0.2) is 50.9 Å². The zero-order chi connectivity index (χ0) is 15.3. The second-order valence-electron chi connectivity index (χ2n) is 4.57. The number of methoxy groups -OCH3 is 1. The molecule has 0 spiro atoms. The standard InChI is InChI=1S/C15H25N3O3/c1-3-6-16-13-5-8-17-14(12-13)15(19)18-7-4-9-21-11-10-20-2/h5,8,12H,3-4,6-7,9-11H2,1-2H3,(H,16,17)(H,18,19). The first-order valence-corrected chi connectivity index (χ1v) is 7.32. The van der Waals surface area contributed by atoms with Gasteiger partial charge >= 0.3 is 0 Å². The molecule has 1 rings (SSSR count). The van der Waals surface area contributed by atoms with Gasteiger partial charge < -0.3 is 20.1 Å². The molecule has 1 heterocycles. The van der Waals surface area contributed by atoms with Gasteiger partial charge in [-0.2, -0.15) is 0 Å². The van der Waals surface area contributed by atoms with Gasteiger partial charge in [0, 0.05) is 38.7 Å². The number of rotatable bonds is 11. The quantitative estimate of drug-likeness (QED) is 0.608. The van der Waals surface area contributed by atoms with Gasteiger partial charge in [-0.3, -0.25) is 9.78 Å². The van der Waals surface area contributed by atoms with Gasteiger partial charge in [0.1, 0.15) is 5.69 Å². The van der Waals surface area contributed by atoms with E-state index >= 15 is 0 Å². The van der Waals surface area contributed by atoms with E-state index in [1.54, 1.807) is 19.4 Å². The Morgan fingerprint density at radius 3 is 2.90 bits per heavy atom. The molecule has 0 saturated carbocycles. The molecule has 6 nitrogen and oxygen atoms in total. The van der Waals surface area contributed by atoms with Crippen LogP contribution in [0.3, 0.4) is 0 Å². The number of amides is 1. The number of hydrogen-bond donors (Lipinski definition) is 2. The topological polar surface area (TPSA) is 72.5 Å². The normalized spacial score (nSPS) is 10.4. The highest BCUT2D eigenvalue weighted by Crippen LogP contribution is 2.07. The Morgan fingerprint density at radius 1 is 1.29 bits per heavy atom. The minimum absolute atomic E-state index is 0.160. The van der Waals surface area contributed by atoms with Gasteiger partial charge in [-0.1, -0.05) is 6.92 Å². The van der Waals surface area contributed by atoms with E-state index in [0.717, 1.165) is 25.1 Å². The summed E-state index contributed by atoms with van der Waals surface area (Å²) in [6.45, 7) is 5.32. The third-order valence-electron chi connectivity index (χ3n) is 2.75. The lowest BCUT2D eigenvalue weighted by molar-refractivity contribution is 0.0688. The molecule has 1 aromatic rings. The Morgan fingerprint density at radius 2 is 2.14 bits per heavy atom. The van der Waals surface area contributed by atoms with Gasteiger partial charge in [0.15, 0.2) is 0 Å². The van der Waals surface area contributed by atoms with Gasteiger partial charge in [-0.25, -0.2) is 0 Å². The lowest BCUT2D eigenvalue weighted by atomic mass is 10.3. The summed E-state index contributed by atoms with van der Waals surface area (Å²) < 4.78 is 10.2. The van der Waals surface area contributed by atoms with Gasteiger partial charge in [0.2, 0.25) is 0 Å². The van der Waals surface area contributed by atoms with Crippen LogP contribution in [0.4, 0.5) is 5.69 Å². The Labute approximate surface area is 126 Å². The third-order valence-corrected chi connectivity index (χ3v) is 2.75. The molecule has 0 unspecified atom stereocenters. The van der Waals surface area contributed by atoms with Crippen LogP contribution in [0.25, 0.3) is 0 Å². The second kappa shape index (κ2) is 11.0. The predicted octanol–water partition coefficient (Wildman–Crippen LogP) is 1.69. The molecule has 0 radical (unpaired) electrons. The van der Waals surface area contributed by atoms with E-state index in [1.807, 2.05) is 6.07 Å². The summed E-state index contributed by atoms with van der Waals surface area (Å²) in [7, 11) is 1.64. The van der Waals surface area contributed by atoms with Gasteiger partial charge in [0.25, 0.3) is 5.91 Å². The zero-order valence-electron chi connectivity index (χ0n) is 12.9. The summed E-state index contributed by atoms with van der Waals surface area (Å²) in [4.78, 5) is 16.0. The van der Waals surface area contributed by atoms with E-state index in [4.69, 9.17) is 9.47 Å². The van der Waals surface area contributed by atoms with Gasteiger partial charge in [-0.15, -0.1) is 0 Å². The number of pyridine rings is 1. The van der Waals surface area contributed by atoms with E-state index in [2.05, 4.69) is 22.5 Å². The van der Waals surface area contributed by atoms with Crippen molar-refractivity contribution in [2.24, 2.45) is 0 Å². The number of nitrogens with zero attached hydrogens (tertiary/aromatic N) is 1. The molecule has 0 fully saturated rings. The van der Waals surface area contributed by atoms with Gasteiger partial charge in [-0.05, 0) is 25.0 Å². The summed E-state index contributed by atoms with van der Waals surface area (Å²) in [6.07, 6.45) is 3.44. The molecule has 1 amide bonds. The monoisotopic (exact) mass is 295 g/mol. The summed E-state index contributed by atoms with van der Waals surface area (Å²) in [5, 5.41) is 6.07. The van der Waals surface area contributed by atoms with Crippen LogP contribution in [-0.2, 0) is 9.47 Å². The Hall–Kier alpha value is -1.66. The molecular formula is C15H25N3O3. The summed E-state index contributed by atoms with van der Waals surface area (Å²) in [5.41, 5.74) is 1.34. The molecule has 21 heavy (non-hydrogen) atoms. The first-order valence-electron chi connectivity index (χ1n) is 7.32. The van der Waals surface area contributed by atoms with Crippen molar-refractivity contribution in [2.45, 2.75) is 19.8 Å². The predicted molar refractivity (Wildman–Crippen MR) is 82.7 cm³/mol. The van der Waals surface area contributed by atoms with Crippen LogP contribution in [0.1, 0.15) is 30.3 Å². The first kappa shape index (κ1) is 17.4. The number of carbonyl (C=O) groups excluding carboxylic acids is 1. The molecule has 0 bridgehead atoms. The molecule has 0 aliphatic heterocycles. The molecule has 0 atom stereocenters. The summed E-state index contributed by atoms with van der Waals surface area (Å²) in [5.74, 6) is -0.160. The van der Waals surface area contributed by atoms with Gasteiger partial charge in [0.05, 0.1) is 13.2 Å². The molecule has 118 valence electrons. The highest BCUT2D eigenvalue weighted by Gasteiger charge is 2.06. The number of ether oxygens (including phenoxy) is 2. The van der Waals surface area contributed by atoms with Crippen molar-refractivity contribution >= 4 is 11.6 Å². The average Bonchev–Trinajstić information content (AvgIpc) is 2.52. The highest BCUT2D eigenvalue weighted by molar-refractivity contribution is 5.93. The van der Waals surface area contributed by atoms with Crippen molar-refractivity contribution in [1.82, 2.24) is 10.3 Å². The molecular weight excluding hydrogens is 270 g/mol. The van der Waals surface area contributed by atoms with Crippen molar-refractivity contribution < 1.29 is 14.3 Å². The maximum atomic E-state index is 11.9. The van der Waals surface area contributed by atoms with Crippen LogP contribution in [0, 0.1) is 0 Å². The van der Waals surface area contributed by atoms with Crippen LogP contribution in [0.2, 0.25) is 0 Å². The fraction of sp³-hybridized carbons (Fsp3) is 0.600. The third kappa shape index (κ3) is 7.63. The zero-order valence-corrected chi connectivity index (χ0v) is 12.9. The lowest BCUT2D eigenvalue weighted by Crippen LogP contribution is -2.26. The minimum Gasteiger partial charge on any atom is -0.385 e. The molecule has 6 heteroatoms. The first-order chi connectivity index (χ1) is 10.3. The smallest absolute Gasteiger partial charge is 0.269 e. The van der Waals surface area contributed by atoms with Crippen molar-refractivity contribution in [3.8, 4) is 0 Å². The van der Waals surface area contributed by atoms with Crippen molar-refractivity contribution in [3.63, 3.8) is 0 Å². The summed E-state index contributed by atoms with van der Waals surface area (Å²) in [6, 6.07) is 3.62. The number of nitrogens with one attached hydrogen (secondary N) is 2.